The van der Waals surface area contributed by atoms with Crippen LogP contribution in [0.1, 0.15) is 33.4 Å². The molecule has 0 heterocycles. The molecule has 0 fully saturated rings. The van der Waals surface area contributed by atoms with Gasteiger partial charge in [-0.1, -0.05) is 73.8 Å². The zero-order chi connectivity index (χ0) is 26.4. The molecule has 0 radical (unpaired) electrons. The maximum atomic E-state index is 5.87. The van der Waals surface area contributed by atoms with E-state index in [4.69, 9.17) is 9.47 Å². The second-order valence-electron chi connectivity index (χ2n) is 8.68. The predicted molar refractivity (Wildman–Crippen MR) is 160 cm³/mol. The Kier molecular flexibility index (Phi) is 9.81. The van der Waals surface area contributed by atoms with E-state index in [0.29, 0.717) is 26.3 Å². The van der Waals surface area contributed by atoms with Crippen molar-refractivity contribution in [3.63, 3.8) is 0 Å². The fourth-order valence-electron chi connectivity index (χ4n) is 3.59. The maximum absolute atomic E-state index is 5.87. The fourth-order valence-corrected chi connectivity index (χ4v) is 3.59. The van der Waals surface area contributed by atoms with Gasteiger partial charge in [-0.3, -0.25) is 9.98 Å². The Bertz CT molecular complexity index is 1240. The number of benzene rings is 4. The Morgan fingerprint density at radius 2 is 0.816 bits per heavy atom. The summed E-state index contributed by atoms with van der Waals surface area (Å²) in [7, 11) is 0. The van der Waals surface area contributed by atoms with Gasteiger partial charge in [0.25, 0.3) is 0 Å². The monoisotopic (exact) mass is 500 g/mol. The van der Waals surface area contributed by atoms with E-state index in [2.05, 4.69) is 47.4 Å². The molecule has 0 atom stereocenters. The molecule has 4 heteroatoms. The van der Waals surface area contributed by atoms with Crippen LogP contribution in [0, 0.1) is 0 Å². The summed E-state index contributed by atoms with van der Waals surface area (Å²) in [5, 5.41) is 0. The van der Waals surface area contributed by atoms with Gasteiger partial charge in [0.1, 0.15) is 24.7 Å². The lowest BCUT2D eigenvalue weighted by atomic mass is 10.1. The Labute approximate surface area is 225 Å². The lowest BCUT2D eigenvalue weighted by molar-refractivity contribution is 0.306. The molecule has 0 aliphatic rings. The van der Waals surface area contributed by atoms with E-state index in [1.165, 1.54) is 0 Å². The Hall–Kier alpha value is -4.70. The van der Waals surface area contributed by atoms with Gasteiger partial charge in [-0.15, -0.1) is 0 Å². The number of hydrogen-bond acceptors (Lipinski definition) is 4. The second kappa shape index (κ2) is 14.1. The predicted octanol–water partition coefficient (Wildman–Crippen LogP) is 7.67. The van der Waals surface area contributed by atoms with Gasteiger partial charge in [-0.2, -0.15) is 0 Å². The van der Waals surface area contributed by atoms with Crippen LogP contribution in [0.3, 0.4) is 0 Å². The molecule has 0 aromatic heterocycles. The van der Waals surface area contributed by atoms with Crippen LogP contribution in [0.5, 0.6) is 11.5 Å². The van der Waals surface area contributed by atoms with Crippen molar-refractivity contribution in [2.45, 2.75) is 13.2 Å². The van der Waals surface area contributed by atoms with E-state index >= 15 is 0 Å². The highest BCUT2D eigenvalue weighted by Crippen LogP contribution is 2.16. The van der Waals surface area contributed by atoms with Crippen molar-refractivity contribution in [1.29, 1.82) is 0 Å². The highest BCUT2D eigenvalue weighted by atomic mass is 16.5. The van der Waals surface area contributed by atoms with Crippen molar-refractivity contribution in [3.05, 3.63) is 144 Å². The molecule has 4 rings (SSSR count). The first kappa shape index (κ1) is 26.4. The van der Waals surface area contributed by atoms with Gasteiger partial charge in [-0.25, -0.2) is 0 Å². The first-order valence-electron chi connectivity index (χ1n) is 12.6. The minimum atomic E-state index is 0.531. The van der Waals surface area contributed by atoms with Crippen LogP contribution in [0.4, 0.5) is 0 Å². The number of ether oxygens (including phenoxy) is 2. The Balaban J connectivity index is 1.15. The zero-order valence-corrected chi connectivity index (χ0v) is 21.5. The second-order valence-corrected chi connectivity index (χ2v) is 8.68. The number of rotatable bonds is 13. The molecule has 38 heavy (non-hydrogen) atoms. The van der Waals surface area contributed by atoms with Crippen molar-refractivity contribution in [1.82, 2.24) is 0 Å². The summed E-state index contributed by atoms with van der Waals surface area (Å²) in [5.41, 5.74) is 6.51. The molecule has 0 spiro atoms. The molecule has 0 bridgehead atoms. The molecule has 0 aliphatic heterocycles. The van der Waals surface area contributed by atoms with Gasteiger partial charge >= 0.3 is 0 Å². The molecule has 0 saturated heterocycles. The van der Waals surface area contributed by atoms with Crippen molar-refractivity contribution >= 4 is 24.6 Å². The van der Waals surface area contributed by atoms with Crippen LogP contribution in [-0.2, 0) is 13.2 Å². The van der Waals surface area contributed by atoms with E-state index in [0.717, 1.165) is 44.9 Å². The van der Waals surface area contributed by atoms with E-state index < -0.39 is 0 Å². The molecule has 4 aromatic rings. The standard InChI is InChI=1S/C34H32N2O2/c1-3-27-5-9-31(10-6-27)25-37-33-17-13-29(14-18-33)23-35-21-22-36-24-30-15-19-34(20-16-30)38-26-32-11-7-28(4-2)8-12-32/h3-20,23-24H,1-2,21-22,25-26H2. The van der Waals surface area contributed by atoms with Crippen molar-refractivity contribution in [3.8, 4) is 11.5 Å². The SMILES string of the molecule is C=Cc1ccc(COc2ccc(C=NCCN=Cc3ccc(OCc4ccc(C=C)cc4)cc3)cc2)cc1. The van der Waals surface area contributed by atoms with E-state index in [1.54, 1.807) is 0 Å². The molecule has 0 N–H and O–H groups in total. The van der Waals surface area contributed by atoms with E-state index in [9.17, 15) is 0 Å². The van der Waals surface area contributed by atoms with Crippen LogP contribution < -0.4 is 9.47 Å². The van der Waals surface area contributed by atoms with Crippen LogP contribution in [0.25, 0.3) is 12.2 Å². The summed E-state index contributed by atoms with van der Waals surface area (Å²) in [6, 6.07) is 32.2. The summed E-state index contributed by atoms with van der Waals surface area (Å²) in [6.45, 7) is 9.87. The van der Waals surface area contributed by atoms with Gasteiger partial charge in [0.05, 0.1) is 13.1 Å². The largest absolute Gasteiger partial charge is 0.489 e. The van der Waals surface area contributed by atoms with Crippen LogP contribution >= 0.6 is 0 Å². The van der Waals surface area contributed by atoms with Gasteiger partial charge in [-0.05, 0) is 81.9 Å². The minimum Gasteiger partial charge on any atom is -0.489 e. The average Bonchev–Trinajstić information content (AvgIpc) is 2.98. The minimum absolute atomic E-state index is 0.531. The van der Waals surface area contributed by atoms with Gasteiger partial charge in [0, 0.05) is 12.4 Å². The molecule has 0 amide bonds. The molecular formula is C34H32N2O2. The topological polar surface area (TPSA) is 43.2 Å². The third kappa shape index (κ3) is 8.45. The molecule has 190 valence electrons. The average molecular weight is 501 g/mol. The highest BCUT2D eigenvalue weighted by Gasteiger charge is 1.98. The number of nitrogens with zero attached hydrogens (tertiary/aromatic N) is 2. The molecule has 4 aromatic carbocycles. The normalized spacial score (nSPS) is 11.1. The maximum Gasteiger partial charge on any atom is 0.119 e. The van der Waals surface area contributed by atoms with Crippen LogP contribution in [0.15, 0.2) is 120 Å². The highest BCUT2D eigenvalue weighted by molar-refractivity contribution is 5.80. The quantitative estimate of drug-likeness (QED) is 0.140. The summed E-state index contributed by atoms with van der Waals surface area (Å²) in [4.78, 5) is 8.95. The summed E-state index contributed by atoms with van der Waals surface area (Å²) in [6.07, 6.45) is 7.40. The van der Waals surface area contributed by atoms with Crippen molar-refractivity contribution < 1.29 is 9.47 Å². The molecule has 4 nitrogen and oxygen atoms in total. The van der Waals surface area contributed by atoms with Gasteiger partial charge in [0.15, 0.2) is 0 Å². The van der Waals surface area contributed by atoms with Crippen molar-refractivity contribution in [2.24, 2.45) is 9.98 Å². The third-order valence-electron chi connectivity index (χ3n) is 5.84. The number of hydrogen-bond donors (Lipinski definition) is 0. The smallest absolute Gasteiger partial charge is 0.119 e. The first-order chi connectivity index (χ1) is 18.7. The fraction of sp³-hybridized carbons (Fsp3) is 0.118. The van der Waals surface area contributed by atoms with Crippen molar-refractivity contribution in [2.75, 3.05) is 13.1 Å². The van der Waals surface area contributed by atoms with Gasteiger partial charge in [0.2, 0.25) is 0 Å². The lowest BCUT2D eigenvalue weighted by Gasteiger charge is -2.07. The Morgan fingerprint density at radius 1 is 0.474 bits per heavy atom. The molecule has 0 aliphatic carbocycles. The molecule has 0 unspecified atom stereocenters. The van der Waals surface area contributed by atoms with Gasteiger partial charge < -0.3 is 9.47 Å². The Morgan fingerprint density at radius 3 is 1.16 bits per heavy atom. The van der Waals surface area contributed by atoms with E-state index in [-0.39, 0.29) is 0 Å². The molecule has 0 saturated carbocycles. The summed E-state index contributed by atoms with van der Waals surface area (Å²) in [5.74, 6) is 1.66. The summed E-state index contributed by atoms with van der Waals surface area (Å²) >= 11 is 0. The number of aliphatic imine (C=N–C) groups is 2. The van der Waals surface area contributed by atoms with E-state index in [1.807, 2.05) is 97.4 Å². The van der Waals surface area contributed by atoms with Crippen LogP contribution in [-0.4, -0.2) is 25.5 Å². The summed E-state index contributed by atoms with van der Waals surface area (Å²) < 4.78 is 11.7. The first-order valence-corrected chi connectivity index (χ1v) is 12.6. The third-order valence-corrected chi connectivity index (χ3v) is 5.84. The lowest BCUT2D eigenvalue weighted by Crippen LogP contribution is -1.96. The molecular weight excluding hydrogens is 468 g/mol. The zero-order valence-electron chi connectivity index (χ0n) is 21.5. The van der Waals surface area contributed by atoms with Crippen LogP contribution in [0.2, 0.25) is 0 Å².